The molecule has 168 valence electrons. The number of hydrogen-bond donors (Lipinski definition) is 0. The standard InChI is InChI=1S/C24H29N5O3/c1-16-7-6-8-17(2)22(16)29-23(25-26-27-29)24(3)13-11-21(30)28(24)14-12-18-9-10-19(31-4)20(15-18)32-5/h6-10,15H,11-14H2,1-5H3. The van der Waals surface area contributed by atoms with Crippen LogP contribution in [0.15, 0.2) is 36.4 Å². The normalized spacial score (nSPS) is 18.3. The third kappa shape index (κ3) is 3.70. The topological polar surface area (TPSA) is 82.4 Å². The van der Waals surface area contributed by atoms with Gasteiger partial charge in [0.1, 0.15) is 5.54 Å². The second kappa shape index (κ2) is 8.61. The smallest absolute Gasteiger partial charge is 0.223 e. The van der Waals surface area contributed by atoms with Gasteiger partial charge in [-0.3, -0.25) is 4.79 Å². The van der Waals surface area contributed by atoms with E-state index in [9.17, 15) is 4.79 Å². The van der Waals surface area contributed by atoms with E-state index in [1.807, 2.05) is 55.1 Å². The Labute approximate surface area is 188 Å². The number of hydrogen-bond acceptors (Lipinski definition) is 6. The number of aryl methyl sites for hydroxylation is 2. The van der Waals surface area contributed by atoms with Gasteiger partial charge in [0, 0.05) is 13.0 Å². The van der Waals surface area contributed by atoms with Gasteiger partial charge >= 0.3 is 0 Å². The van der Waals surface area contributed by atoms with Crippen LogP contribution in [0.5, 0.6) is 11.5 Å². The molecule has 4 rings (SSSR count). The van der Waals surface area contributed by atoms with E-state index in [0.717, 1.165) is 22.4 Å². The fourth-order valence-electron chi connectivity index (χ4n) is 4.59. The van der Waals surface area contributed by atoms with E-state index in [1.165, 1.54) is 0 Å². The summed E-state index contributed by atoms with van der Waals surface area (Å²) in [6.07, 6.45) is 1.83. The van der Waals surface area contributed by atoms with Gasteiger partial charge in [0.15, 0.2) is 17.3 Å². The van der Waals surface area contributed by atoms with Crippen LogP contribution in [0.3, 0.4) is 0 Å². The van der Waals surface area contributed by atoms with Gasteiger partial charge < -0.3 is 14.4 Å². The first-order chi connectivity index (χ1) is 15.4. The molecule has 0 radical (unpaired) electrons. The minimum Gasteiger partial charge on any atom is -0.493 e. The summed E-state index contributed by atoms with van der Waals surface area (Å²) in [5.41, 5.74) is 3.62. The number of nitrogens with zero attached hydrogens (tertiary/aromatic N) is 5. The average molecular weight is 436 g/mol. The van der Waals surface area contributed by atoms with Crippen molar-refractivity contribution in [2.24, 2.45) is 0 Å². The number of para-hydroxylation sites is 1. The predicted octanol–water partition coefficient (Wildman–Crippen LogP) is 3.38. The van der Waals surface area contributed by atoms with Gasteiger partial charge in [-0.15, -0.1) is 5.10 Å². The van der Waals surface area contributed by atoms with Crippen molar-refractivity contribution in [2.45, 2.75) is 45.6 Å². The fraction of sp³-hybridized carbons (Fsp3) is 0.417. The lowest BCUT2D eigenvalue weighted by molar-refractivity contribution is -0.131. The molecular weight excluding hydrogens is 406 g/mol. The molecule has 1 aliphatic rings. The van der Waals surface area contributed by atoms with E-state index in [0.29, 0.717) is 43.1 Å². The number of rotatable bonds is 7. The minimum absolute atomic E-state index is 0.115. The summed E-state index contributed by atoms with van der Waals surface area (Å²) >= 11 is 0. The number of methoxy groups -OCH3 is 2. The molecule has 1 saturated heterocycles. The zero-order chi connectivity index (χ0) is 22.9. The van der Waals surface area contributed by atoms with Crippen molar-refractivity contribution >= 4 is 5.91 Å². The SMILES string of the molecule is COc1ccc(CCN2C(=O)CCC2(C)c2nnnn2-c2c(C)cccc2C)cc1OC. The van der Waals surface area contributed by atoms with Crippen molar-refractivity contribution in [3.05, 3.63) is 58.9 Å². The quantitative estimate of drug-likeness (QED) is 0.566. The lowest BCUT2D eigenvalue weighted by Gasteiger charge is -2.34. The van der Waals surface area contributed by atoms with E-state index < -0.39 is 5.54 Å². The fourth-order valence-corrected chi connectivity index (χ4v) is 4.59. The average Bonchev–Trinajstić information content (AvgIpc) is 3.38. The Hall–Kier alpha value is -3.42. The Balaban J connectivity index is 1.64. The highest BCUT2D eigenvalue weighted by atomic mass is 16.5. The zero-order valence-corrected chi connectivity index (χ0v) is 19.3. The Bertz CT molecular complexity index is 1120. The van der Waals surface area contributed by atoms with Crippen LogP contribution in [-0.4, -0.2) is 51.8 Å². The van der Waals surface area contributed by atoms with Crippen molar-refractivity contribution in [3.63, 3.8) is 0 Å². The Morgan fingerprint density at radius 3 is 2.47 bits per heavy atom. The largest absolute Gasteiger partial charge is 0.493 e. The summed E-state index contributed by atoms with van der Waals surface area (Å²) in [6.45, 7) is 6.71. The molecule has 1 unspecified atom stereocenters. The summed E-state index contributed by atoms with van der Waals surface area (Å²) in [6, 6.07) is 12.0. The first kappa shape index (κ1) is 21.8. The van der Waals surface area contributed by atoms with E-state index in [-0.39, 0.29) is 5.91 Å². The molecule has 0 bridgehead atoms. The number of aromatic nitrogens is 4. The highest BCUT2D eigenvalue weighted by Crippen LogP contribution is 2.39. The lowest BCUT2D eigenvalue weighted by atomic mass is 9.96. The number of benzene rings is 2. The van der Waals surface area contributed by atoms with Crippen molar-refractivity contribution in [2.75, 3.05) is 20.8 Å². The van der Waals surface area contributed by atoms with Crippen LogP contribution in [-0.2, 0) is 16.8 Å². The molecule has 1 aromatic heterocycles. The molecule has 2 heterocycles. The molecule has 1 fully saturated rings. The molecule has 1 amide bonds. The van der Waals surface area contributed by atoms with Crippen molar-refractivity contribution in [1.82, 2.24) is 25.1 Å². The predicted molar refractivity (Wildman–Crippen MR) is 120 cm³/mol. The highest BCUT2D eigenvalue weighted by Gasteiger charge is 2.46. The van der Waals surface area contributed by atoms with Crippen LogP contribution in [0.1, 0.15) is 42.3 Å². The van der Waals surface area contributed by atoms with Crippen molar-refractivity contribution in [3.8, 4) is 17.2 Å². The first-order valence-electron chi connectivity index (χ1n) is 10.8. The summed E-state index contributed by atoms with van der Waals surface area (Å²) in [4.78, 5) is 14.8. The molecule has 3 aromatic rings. The maximum absolute atomic E-state index is 12.9. The van der Waals surface area contributed by atoms with E-state index in [4.69, 9.17) is 9.47 Å². The van der Waals surface area contributed by atoms with Gasteiger partial charge in [-0.25, -0.2) is 0 Å². The second-order valence-corrected chi connectivity index (χ2v) is 8.41. The third-order valence-corrected chi connectivity index (χ3v) is 6.40. The molecular formula is C24H29N5O3. The summed E-state index contributed by atoms with van der Waals surface area (Å²) in [5, 5.41) is 12.7. The van der Waals surface area contributed by atoms with Crippen LogP contribution in [0, 0.1) is 13.8 Å². The summed E-state index contributed by atoms with van der Waals surface area (Å²) in [7, 11) is 3.24. The van der Waals surface area contributed by atoms with Gasteiger partial charge in [0.2, 0.25) is 5.91 Å². The lowest BCUT2D eigenvalue weighted by Crippen LogP contribution is -2.44. The van der Waals surface area contributed by atoms with Gasteiger partial charge in [0.25, 0.3) is 0 Å². The molecule has 1 aliphatic heterocycles. The molecule has 8 nitrogen and oxygen atoms in total. The van der Waals surface area contributed by atoms with E-state index >= 15 is 0 Å². The molecule has 0 spiro atoms. The molecule has 8 heteroatoms. The highest BCUT2D eigenvalue weighted by molar-refractivity contribution is 5.80. The Morgan fingerprint density at radius 1 is 1.06 bits per heavy atom. The Kier molecular flexibility index (Phi) is 5.86. The van der Waals surface area contributed by atoms with Gasteiger partial charge in [-0.1, -0.05) is 24.3 Å². The first-order valence-corrected chi connectivity index (χ1v) is 10.8. The molecule has 0 saturated carbocycles. The van der Waals surface area contributed by atoms with Crippen LogP contribution in [0.25, 0.3) is 5.69 Å². The second-order valence-electron chi connectivity index (χ2n) is 8.41. The number of amides is 1. The van der Waals surface area contributed by atoms with Crippen LogP contribution < -0.4 is 9.47 Å². The maximum atomic E-state index is 12.9. The number of carbonyl (C=O) groups excluding carboxylic acids is 1. The minimum atomic E-state index is -0.591. The van der Waals surface area contributed by atoms with Crippen LogP contribution >= 0.6 is 0 Å². The van der Waals surface area contributed by atoms with Gasteiger partial charge in [0.05, 0.1) is 19.9 Å². The number of ether oxygens (including phenoxy) is 2. The van der Waals surface area contributed by atoms with Crippen molar-refractivity contribution < 1.29 is 14.3 Å². The Morgan fingerprint density at radius 2 is 1.78 bits per heavy atom. The summed E-state index contributed by atoms with van der Waals surface area (Å²) < 4.78 is 12.5. The van der Waals surface area contributed by atoms with Crippen LogP contribution in [0.2, 0.25) is 0 Å². The molecule has 1 atom stereocenters. The third-order valence-electron chi connectivity index (χ3n) is 6.40. The number of likely N-dealkylation sites (tertiary alicyclic amines) is 1. The molecule has 32 heavy (non-hydrogen) atoms. The molecule has 0 aliphatic carbocycles. The van der Waals surface area contributed by atoms with Crippen LogP contribution in [0.4, 0.5) is 0 Å². The van der Waals surface area contributed by atoms with Gasteiger partial charge in [-0.2, -0.15) is 4.68 Å². The zero-order valence-electron chi connectivity index (χ0n) is 19.3. The van der Waals surface area contributed by atoms with Crippen molar-refractivity contribution in [1.29, 1.82) is 0 Å². The summed E-state index contributed by atoms with van der Waals surface area (Å²) in [5.74, 6) is 2.17. The maximum Gasteiger partial charge on any atom is 0.223 e. The molecule has 0 N–H and O–H groups in total. The number of tetrazole rings is 1. The van der Waals surface area contributed by atoms with E-state index in [2.05, 4.69) is 22.4 Å². The molecule has 2 aromatic carbocycles. The monoisotopic (exact) mass is 435 g/mol. The number of carbonyl (C=O) groups is 1. The van der Waals surface area contributed by atoms with E-state index in [1.54, 1.807) is 18.9 Å². The van der Waals surface area contributed by atoms with Gasteiger partial charge in [-0.05, 0) is 72.9 Å².